The fraction of sp³-hybridized carbons (Fsp3) is 0.360. The molecule has 2 aliphatic rings. The van der Waals surface area contributed by atoms with Crippen molar-refractivity contribution in [2.75, 3.05) is 19.5 Å². The van der Waals surface area contributed by atoms with Gasteiger partial charge < -0.3 is 19.7 Å². The van der Waals surface area contributed by atoms with Gasteiger partial charge in [0.25, 0.3) is 5.91 Å². The minimum atomic E-state index is -0.301. The van der Waals surface area contributed by atoms with Gasteiger partial charge in [0, 0.05) is 36.0 Å². The lowest BCUT2D eigenvalue weighted by molar-refractivity contribution is -0.129. The molecular weight excluding hydrogens is 411 g/mol. The van der Waals surface area contributed by atoms with Crippen molar-refractivity contribution in [2.45, 2.75) is 44.7 Å². The topological polar surface area (TPSA) is 67.9 Å². The van der Waals surface area contributed by atoms with E-state index >= 15 is 0 Å². The van der Waals surface area contributed by atoms with Crippen molar-refractivity contribution in [3.8, 4) is 11.5 Å². The van der Waals surface area contributed by atoms with Crippen LogP contribution in [0.25, 0.3) is 0 Å². The molecule has 1 aliphatic heterocycles. The van der Waals surface area contributed by atoms with E-state index in [0.717, 1.165) is 36.8 Å². The number of fused-ring (bicyclic) bond motifs is 1. The Morgan fingerprint density at radius 3 is 2.44 bits per heavy atom. The van der Waals surface area contributed by atoms with Gasteiger partial charge in [0.15, 0.2) is 0 Å². The van der Waals surface area contributed by atoms with E-state index in [2.05, 4.69) is 5.32 Å². The second kappa shape index (κ2) is 9.42. The number of hydrogen-bond donors (Lipinski definition) is 1. The van der Waals surface area contributed by atoms with Crippen LogP contribution < -0.4 is 14.8 Å². The lowest BCUT2D eigenvalue weighted by atomic mass is 9.88. The summed E-state index contributed by atoms with van der Waals surface area (Å²) in [5.74, 6) is 0.469. The van der Waals surface area contributed by atoms with E-state index in [-0.39, 0.29) is 30.1 Å². The molecule has 0 bridgehead atoms. The van der Waals surface area contributed by atoms with Crippen molar-refractivity contribution in [3.05, 3.63) is 65.0 Å². The third-order valence-electron chi connectivity index (χ3n) is 6.10. The first-order valence-electron chi connectivity index (χ1n) is 10.8. The van der Waals surface area contributed by atoms with Gasteiger partial charge in [-0.25, -0.2) is 4.39 Å². The molecular formula is C25H27FN2O4. The number of benzene rings is 2. The first-order chi connectivity index (χ1) is 15.5. The quantitative estimate of drug-likeness (QED) is 0.693. The number of ether oxygens (including phenoxy) is 2. The van der Waals surface area contributed by atoms with Crippen LogP contribution in [-0.4, -0.2) is 37.0 Å². The van der Waals surface area contributed by atoms with Gasteiger partial charge in [-0.15, -0.1) is 0 Å². The normalized spacial score (nSPS) is 17.9. The zero-order valence-electron chi connectivity index (χ0n) is 18.3. The molecule has 1 fully saturated rings. The van der Waals surface area contributed by atoms with E-state index in [9.17, 15) is 14.0 Å². The summed E-state index contributed by atoms with van der Waals surface area (Å²) in [6.07, 6.45) is 3.79. The summed E-state index contributed by atoms with van der Waals surface area (Å²) in [5, 5.41) is 2.86. The van der Waals surface area contributed by atoms with Gasteiger partial charge in [-0.3, -0.25) is 9.59 Å². The number of nitrogens with zero attached hydrogens (tertiary/aromatic N) is 1. The number of carbonyl (C=O) groups is 2. The summed E-state index contributed by atoms with van der Waals surface area (Å²) in [5.41, 5.74) is 3.08. The number of methoxy groups -OCH3 is 2. The van der Waals surface area contributed by atoms with Crippen LogP contribution in [0.15, 0.2) is 53.6 Å². The SMILES string of the molecule is COc1cc(NC(=O)CC2=C3CCCCC3N(Cc3ccc(F)cc3)C2=O)cc(OC)c1. The standard InChI is InChI=1S/C25H27FN2O4/c1-31-19-11-18(12-20(13-19)32-2)27-24(29)14-22-21-5-3-4-6-23(21)28(25(22)30)15-16-7-9-17(26)10-8-16/h7-13,23H,3-6,14-15H2,1-2H3,(H,27,29). The van der Waals surface area contributed by atoms with Crippen LogP contribution in [0.1, 0.15) is 37.7 Å². The fourth-order valence-corrected chi connectivity index (χ4v) is 4.55. The third kappa shape index (κ3) is 4.61. The molecule has 7 heteroatoms. The van der Waals surface area contributed by atoms with Crippen LogP contribution in [-0.2, 0) is 16.1 Å². The minimum absolute atomic E-state index is 0.0148. The minimum Gasteiger partial charge on any atom is -0.497 e. The van der Waals surface area contributed by atoms with Crippen LogP contribution in [0.4, 0.5) is 10.1 Å². The lowest BCUT2D eigenvalue weighted by Gasteiger charge is -2.30. The first-order valence-corrected chi connectivity index (χ1v) is 10.8. The molecule has 2 aromatic carbocycles. The maximum Gasteiger partial charge on any atom is 0.251 e. The lowest BCUT2D eigenvalue weighted by Crippen LogP contribution is -2.36. The molecule has 6 nitrogen and oxygen atoms in total. The van der Waals surface area contributed by atoms with Crippen LogP contribution >= 0.6 is 0 Å². The van der Waals surface area contributed by atoms with Crippen molar-refractivity contribution in [3.63, 3.8) is 0 Å². The van der Waals surface area contributed by atoms with Gasteiger partial charge in [-0.1, -0.05) is 18.6 Å². The van der Waals surface area contributed by atoms with Crippen molar-refractivity contribution < 1.29 is 23.5 Å². The predicted molar refractivity (Wildman–Crippen MR) is 119 cm³/mol. The molecule has 2 aromatic rings. The van der Waals surface area contributed by atoms with Gasteiger partial charge in [-0.05, 0) is 42.5 Å². The van der Waals surface area contributed by atoms with Crippen LogP contribution in [0.5, 0.6) is 11.5 Å². The van der Waals surface area contributed by atoms with Crippen LogP contribution in [0.2, 0.25) is 0 Å². The van der Waals surface area contributed by atoms with E-state index in [1.54, 1.807) is 44.6 Å². The van der Waals surface area contributed by atoms with E-state index < -0.39 is 0 Å². The highest BCUT2D eigenvalue weighted by molar-refractivity contribution is 6.05. The summed E-state index contributed by atoms with van der Waals surface area (Å²) >= 11 is 0. The Bertz CT molecular complexity index is 1030. The maximum absolute atomic E-state index is 13.3. The second-order valence-electron chi connectivity index (χ2n) is 8.15. The summed E-state index contributed by atoms with van der Waals surface area (Å²) in [6.45, 7) is 0.408. The van der Waals surface area contributed by atoms with Gasteiger partial charge in [0.05, 0.1) is 26.7 Å². The molecule has 0 aromatic heterocycles. The third-order valence-corrected chi connectivity index (χ3v) is 6.10. The van der Waals surface area contributed by atoms with Gasteiger partial charge in [0.2, 0.25) is 5.91 Å². The molecule has 32 heavy (non-hydrogen) atoms. The average Bonchev–Trinajstić information content (AvgIpc) is 3.06. The van der Waals surface area contributed by atoms with Crippen LogP contribution in [0.3, 0.4) is 0 Å². The van der Waals surface area contributed by atoms with Crippen molar-refractivity contribution in [1.82, 2.24) is 4.90 Å². The first kappa shape index (κ1) is 21.9. The van der Waals surface area contributed by atoms with Crippen LogP contribution in [0, 0.1) is 5.82 Å². The van der Waals surface area contributed by atoms with Gasteiger partial charge in [0.1, 0.15) is 17.3 Å². The van der Waals surface area contributed by atoms with Crippen molar-refractivity contribution in [2.24, 2.45) is 0 Å². The van der Waals surface area contributed by atoms with Crippen molar-refractivity contribution >= 4 is 17.5 Å². The molecule has 4 rings (SSSR count). The number of hydrogen-bond acceptors (Lipinski definition) is 4. The smallest absolute Gasteiger partial charge is 0.251 e. The highest BCUT2D eigenvalue weighted by atomic mass is 19.1. The number of anilines is 1. The largest absolute Gasteiger partial charge is 0.497 e. The zero-order valence-corrected chi connectivity index (χ0v) is 18.3. The van der Waals surface area contributed by atoms with E-state index in [1.165, 1.54) is 12.1 Å². The Labute approximate surface area is 187 Å². The van der Waals surface area contributed by atoms with E-state index in [4.69, 9.17) is 9.47 Å². The Balaban J connectivity index is 1.51. The van der Waals surface area contributed by atoms with Gasteiger partial charge in [-0.2, -0.15) is 0 Å². The Kier molecular flexibility index (Phi) is 6.44. The number of halogens is 1. The second-order valence-corrected chi connectivity index (χ2v) is 8.15. The van der Waals surface area contributed by atoms with E-state index in [1.807, 2.05) is 4.90 Å². The Hall–Kier alpha value is -3.35. The molecule has 1 atom stereocenters. The molecule has 0 saturated heterocycles. The highest BCUT2D eigenvalue weighted by Crippen LogP contribution is 2.39. The predicted octanol–water partition coefficient (Wildman–Crippen LogP) is 4.45. The number of carbonyl (C=O) groups excluding carboxylic acids is 2. The number of amides is 2. The van der Waals surface area contributed by atoms with Crippen molar-refractivity contribution in [1.29, 1.82) is 0 Å². The summed E-state index contributed by atoms with van der Waals surface area (Å²) in [6, 6.07) is 11.4. The summed E-state index contributed by atoms with van der Waals surface area (Å²) in [4.78, 5) is 28.0. The molecule has 1 unspecified atom stereocenters. The fourth-order valence-electron chi connectivity index (χ4n) is 4.55. The summed E-state index contributed by atoms with van der Waals surface area (Å²) in [7, 11) is 3.09. The molecule has 2 amide bonds. The van der Waals surface area contributed by atoms with Gasteiger partial charge >= 0.3 is 0 Å². The zero-order chi connectivity index (χ0) is 22.7. The molecule has 0 spiro atoms. The average molecular weight is 438 g/mol. The molecule has 1 N–H and O–H groups in total. The molecule has 168 valence electrons. The molecule has 1 heterocycles. The Morgan fingerprint density at radius 1 is 1.09 bits per heavy atom. The van der Waals surface area contributed by atoms with E-state index in [0.29, 0.717) is 29.3 Å². The maximum atomic E-state index is 13.3. The monoisotopic (exact) mass is 438 g/mol. The number of rotatable bonds is 7. The molecule has 0 radical (unpaired) electrons. The summed E-state index contributed by atoms with van der Waals surface area (Å²) < 4.78 is 23.8. The molecule has 1 aliphatic carbocycles. The molecule has 1 saturated carbocycles. The highest BCUT2D eigenvalue weighted by Gasteiger charge is 2.40. The number of nitrogens with one attached hydrogen (secondary N) is 1. The Morgan fingerprint density at radius 2 is 1.78 bits per heavy atom.